The Morgan fingerprint density at radius 1 is 1.08 bits per heavy atom. The van der Waals surface area contributed by atoms with E-state index in [-0.39, 0.29) is 17.8 Å². The van der Waals surface area contributed by atoms with E-state index in [9.17, 15) is 13.6 Å². The van der Waals surface area contributed by atoms with Crippen LogP contribution in [0.1, 0.15) is 23.2 Å². The predicted molar refractivity (Wildman–Crippen MR) is 92.4 cm³/mol. The van der Waals surface area contributed by atoms with Crippen LogP contribution >= 0.6 is 23.2 Å². The molecule has 1 saturated heterocycles. The first-order valence-electron chi connectivity index (χ1n) is 7.80. The summed E-state index contributed by atoms with van der Waals surface area (Å²) in [6.07, 6.45) is 0.867. The number of hydrogen-bond donors (Lipinski definition) is 0. The second-order valence-electron chi connectivity index (χ2n) is 5.81. The molecule has 1 fully saturated rings. The van der Waals surface area contributed by atoms with E-state index >= 15 is 0 Å². The van der Waals surface area contributed by atoms with Crippen LogP contribution in [-0.4, -0.2) is 30.0 Å². The molecule has 1 amide bonds. The van der Waals surface area contributed by atoms with Crippen molar-refractivity contribution in [2.24, 2.45) is 0 Å². The summed E-state index contributed by atoms with van der Waals surface area (Å²) >= 11 is 11.9. The molecule has 132 valence electrons. The summed E-state index contributed by atoms with van der Waals surface area (Å²) in [4.78, 5) is 14.2. The second kappa shape index (κ2) is 7.58. The summed E-state index contributed by atoms with van der Waals surface area (Å²) in [7, 11) is 0. The lowest BCUT2D eigenvalue weighted by Gasteiger charge is -2.32. The highest BCUT2D eigenvalue weighted by molar-refractivity contribution is 6.36. The van der Waals surface area contributed by atoms with Gasteiger partial charge in [-0.15, -0.1) is 0 Å². The minimum atomic E-state index is -0.730. The maximum atomic E-state index is 13.7. The number of rotatable bonds is 3. The monoisotopic (exact) mass is 385 g/mol. The molecule has 7 heteroatoms. The highest BCUT2D eigenvalue weighted by Crippen LogP contribution is 2.26. The Hall–Kier alpha value is -1.85. The number of likely N-dealkylation sites (tertiary alicyclic amines) is 1. The number of ether oxygens (including phenoxy) is 1. The van der Waals surface area contributed by atoms with Crippen molar-refractivity contribution in [2.45, 2.75) is 18.9 Å². The number of halogens is 4. The summed E-state index contributed by atoms with van der Waals surface area (Å²) in [5.41, 5.74) is 0.398. The number of nitrogens with zero attached hydrogens (tertiary/aromatic N) is 1. The number of amides is 1. The first-order chi connectivity index (χ1) is 11.9. The van der Waals surface area contributed by atoms with Crippen molar-refractivity contribution in [3.63, 3.8) is 0 Å². The molecule has 0 bridgehead atoms. The van der Waals surface area contributed by atoms with Gasteiger partial charge in [-0.3, -0.25) is 4.79 Å². The number of benzene rings is 2. The van der Waals surface area contributed by atoms with Crippen molar-refractivity contribution in [3.05, 3.63) is 63.6 Å². The number of carbonyl (C=O) groups is 1. The first kappa shape index (κ1) is 18.0. The van der Waals surface area contributed by atoms with E-state index in [0.29, 0.717) is 41.5 Å². The smallest absolute Gasteiger partial charge is 0.255 e. The Labute approximate surface area is 154 Å². The van der Waals surface area contributed by atoms with Gasteiger partial charge in [0.25, 0.3) is 5.91 Å². The van der Waals surface area contributed by atoms with E-state index in [0.717, 1.165) is 12.1 Å². The quantitative estimate of drug-likeness (QED) is 0.747. The molecule has 1 heterocycles. The molecule has 0 aliphatic carbocycles. The minimum Gasteiger partial charge on any atom is -0.487 e. The standard InChI is InChI=1S/C18H15Cl2F2NO2/c19-11-1-3-14(15(20)9-11)18(24)23-7-5-13(6-8-23)25-17-4-2-12(21)10-16(17)22/h1-4,9-10,13H,5-8H2. The third kappa shape index (κ3) is 4.22. The van der Waals surface area contributed by atoms with Crippen molar-refractivity contribution in [1.82, 2.24) is 4.90 Å². The second-order valence-corrected chi connectivity index (χ2v) is 6.65. The molecule has 0 radical (unpaired) electrons. The van der Waals surface area contributed by atoms with Gasteiger partial charge in [-0.05, 0) is 30.3 Å². The summed E-state index contributed by atoms with van der Waals surface area (Å²) in [6.45, 7) is 0.927. The molecule has 0 N–H and O–H groups in total. The summed E-state index contributed by atoms with van der Waals surface area (Å²) in [6, 6.07) is 7.96. The Morgan fingerprint density at radius 3 is 2.44 bits per heavy atom. The Morgan fingerprint density at radius 2 is 1.80 bits per heavy atom. The van der Waals surface area contributed by atoms with Gasteiger partial charge in [0, 0.05) is 37.0 Å². The lowest BCUT2D eigenvalue weighted by Crippen LogP contribution is -2.42. The van der Waals surface area contributed by atoms with E-state index in [4.69, 9.17) is 27.9 Å². The van der Waals surface area contributed by atoms with E-state index in [1.54, 1.807) is 17.0 Å². The topological polar surface area (TPSA) is 29.5 Å². The number of piperidine rings is 1. The van der Waals surface area contributed by atoms with Crippen LogP contribution in [0.4, 0.5) is 8.78 Å². The minimum absolute atomic E-state index is 0.0203. The molecule has 2 aromatic carbocycles. The molecule has 2 aromatic rings. The van der Waals surface area contributed by atoms with E-state index in [1.165, 1.54) is 12.1 Å². The normalized spacial score (nSPS) is 15.3. The molecule has 3 nitrogen and oxygen atoms in total. The van der Waals surface area contributed by atoms with Crippen molar-refractivity contribution < 1.29 is 18.3 Å². The lowest BCUT2D eigenvalue weighted by atomic mass is 10.1. The molecule has 25 heavy (non-hydrogen) atoms. The zero-order valence-electron chi connectivity index (χ0n) is 13.1. The van der Waals surface area contributed by atoms with Crippen LogP contribution in [0.15, 0.2) is 36.4 Å². The third-order valence-corrected chi connectivity index (χ3v) is 4.63. The summed E-state index contributed by atoms with van der Waals surface area (Å²) in [5.74, 6) is -1.53. The van der Waals surface area contributed by atoms with Gasteiger partial charge in [-0.25, -0.2) is 8.78 Å². The lowest BCUT2D eigenvalue weighted by molar-refractivity contribution is 0.0588. The van der Waals surface area contributed by atoms with Gasteiger partial charge in [0.05, 0.1) is 10.6 Å². The van der Waals surface area contributed by atoms with Gasteiger partial charge in [0.2, 0.25) is 0 Å². The average Bonchev–Trinajstić information content (AvgIpc) is 2.57. The maximum absolute atomic E-state index is 13.7. The van der Waals surface area contributed by atoms with Gasteiger partial charge >= 0.3 is 0 Å². The molecule has 0 saturated carbocycles. The number of carbonyl (C=O) groups excluding carboxylic acids is 1. The maximum Gasteiger partial charge on any atom is 0.255 e. The molecule has 1 aliphatic heterocycles. The fourth-order valence-electron chi connectivity index (χ4n) is 2.76. The Kier molecular flexibility index (Phi) is 5.45. The molecule has 0 atom stereocenters. The zero-order valence-corrected chi connectivity index (χ0v) is 14.7. The van der Waals surface area contributed by atoms with Gasteiger partial charge in [-0.1, -0.05) is 23.2 Å². The molecular formula is C18H15Cl2F2NO2. The molecule has 0 unspecified atom stereocenters. The molecule has 0 spiro atoms. The molecule has 1 aliphatic rings. The van der Waals surface area contributed by atoms with Crippen molar-refractivity contribution >= 4 is 29.1 Å². The number of hydrogen-bond acceptors (Lipinski definition) is 2. The predicted octanol–water partition coefficient (Wildman–Crippen LogP) is 4.96. The van der Waals surface area contributed by atoms with Crippen LogP contribution in [0.5, 0.6) is 5.75 Å². The molecule has 0 aromatic heterocycles. The van der Waals surface area contributed by atoms with Gasteiger partial charge in [-0.2, -0.15) is 0 Å². The fourth-order valence-corrected chi connectivity index (χ4v) is 3.25. The molecule has 3 rings (SSSR count). The fraction of sp³-hybridized carbons (Fsp3) is 0.278. The van der Waals surface area contributed by atoms with Crippen LogP contribution in [0.25, 0.3) is 0 Å². The van der Waals surface area contributed by atoms with Crippen LogP contribution in [0, 0.1) is 11.6 Å². The average molecular weight is 386 g/mol. The Bertz CT molecular complexity index is 793. The van der Waals surface area contributed by atoms with Crippen molar-refractivity contribution in [2.75, 3.05) is 13.1 Å². The highest BCUT2D eigenvalue weighted by Gasteiger charge is 2.26. The van der Waals surface area contributed by atoms with E-state index in [2.05, 4.69) is 0 Å². The highest BCUT2D eigenvalue weighted by atomic mass is 35.5. The first-order valence-corrected chi connectivity index (χ1v) is 8.55. The van der Waals surface area contributed by atoms with Crippen molar-refractivity contribution in [1.29, 1.82) is 0 Å². The van der Waals surface area contributed by atoms with E-state index < -0.39 is 11.6 Å². The Balaban J connectivity index is 1.60. The largest absolute Gasteiger partial charge is 0.487 e. The summed E-state index contributed by atoms with van der Waals surface area (Å²) < 4.78 is 32.2. The van der Waals surface area contributed by atoms with E-state index in [1.807, 2.05) is 0 Å². The van der Waals surface area contributed by atoms with Crippen LogP contribution in [-0.2, 0) is 0 Å². The third-order valence-electron chi connectivity index (χ3n) is 4.08. The van der Waals surface area contributed by atoms with Crippen LogP contribution < -0.4 is 4.74 Å². The molecular weight excluding hydrogens is 371 g/mol. The van der Waals surface area contributed by atoms with Crippen LogP contribution in [0.3, 0.4) is 0 Å². The van der Waals surface area contributed by atoms with Crippen LogP contribution in [0.2, 0.25) is 10.0 Å². The van der Waals surface area contributed by atoms with Gasteiger partial charge in [0.1, 0.15) is 11.9 Å². The van der Waals surface area contributed by atoms with Gasteiger partial charge in [0.15, 0.2) is 11.6 Å². The van der Waals surface area contributed by atoms with Crippen molar-refractivity contribution in [3.8, 4) is 5.75 Å². The SMILES string of the molecule is O=C(c1ccc(Cl)cc1Cl)N1CCC(Oc2ccc(F)cc2F)CC1. The summed E-state index contributed by atoms with van der Waals surface area (Å²) in [5, 5.41) is 0.777. The van der Waals surface area contributed by atoms with Gasteiger partial charge < -0.3 is 9.64 Å². The zero-order chi connectivity index (χ0) is 18.0.